The van der Waals surface area contributed by atoms with Crippen molar-refractivity contribution in [1.29, 1.82) is 0 Å². The Bertz CT molecular complexity index is 326. The van der Waals surface area contributed by atoms with E-state index < -0.39 is 11.9 Å². The van der Waals surface area contributed by atoms with Crippen LogP contribution in [0.2, 0.25) is 0 Å². The Morgan fingerprint density at radius 1 is 1.35 bits per heavy atom. The van der Waals surface area contributed by atoms with Gasteiger partial charge in [0, 0.05) is 12.6 Å². The van der Waals surface area contributed by atoms with Crippen molar-refractivity contribution in [2.75, 3.05) is 6.54 Å². The summed E-state index contributed by atoms with van der Waals surface area (Å²) >= 11 is 0. The van der Waals surface area contributed by atoms with Crippen molar-refractivity contribution in [3.63, 3.8) is 0 Å². The molecule has 96 valence electrons. The molecule has 2 fully saturated rings. The summed E-state index contributed by atoms with van der Waals surface area (Å²) in [5, 5.41) is 14.6. The molecule has 17 heavy (non-hydrogen) atoms. The van der Waals surface area contributed by atoms with Crippen molar-refractivity contribution in [3.05, 3.63) is 0 Å². The molecule has 0 aliphatic heterocycles. The molecular formula is C12H20N2O3. The summed E-state index contributed by atoms with van der Waals surface area (Å²) in [5.41, 5.74) is 0.277. The third-order valence-electron chi connectivity index (χ3n) is 3.93. The average molecular weight is 240 g/mol. The summed E-state index contributed by atoms with van der Waals surface area (Å²) in [5.74, 6) is -1.22. The number of urea groups is 1. The number of hydrogen-bond acceptors (Lipinski definition) is 2. The molecule has 0 aromatic heterocycles. The van der Waals surface area contributed by atoms with Gasteiger partial charge in [0.15, 0.2) is 0 Å². The molecule has 2 unspecified atom stereocenters. The highest BCUT2D eigenvalue weighted by Crippen LogP contribution is 2.43. The fourth-order valence-corrected chi connectivity index (χ4v) is 2.33. The molecule has 0 saturated heterocycles. The lowest BCUT2D eigenvalue weighted by atomic mass is 10.0. The first kappa shape index (κ1) is 12.2. The third-order valence-corrected chi connectivity index (χ3v) is 3.93. The fourth-order valence-electron chi connectivity index (χ4n) is 2.33. The van der Waals surface area contributed by atoms with Gasteiger partial charge in [0.1, 0.15) is 0 Å². The highest BCUT2D eigenvalue weighted by Gasteiger charge is 2.38. The van der Waals surface area contributed by atoms with Gasteiger partial charge in [-0.25, -0.2) is 4.79 Å². The monoisotopic (exact) mass is 240 g/mol. The van der Waals surface area contributed by atoms with Crippen LogP contribution in [0.1, 0.15) is 39.0 Å². The minimum atomic E-state index is -0.804. The van der Waals surface area contributed by atoms with Crippen LogP contribution in [0.4, 0.5) is 4.79 Å². The van der Waals surface area contributed by atoms with E-state index in [0.29, 0.717) is 13.0 Å². The predicted octanol–water partition coefficient (Wildman–Crippen LogP) is 1.34. The summed E-state index contributed by atoms with van der Waals surface area (Å²) in [6.45, 7) is 2.83. The lowest BCUT2D eigenvalue weighted by Gasteiger charge is -2.19. The predicted molar refractivity (Wildman–Crippen MR) is 62.6 cm³/mol. The maximum Gasteiger partial charge on any atom is 0.315 e. The molecular weight excluding hydrogens is 220 g/mol. The highest BCUT2D eigenvalue weighted by molar-refractivity contribution is 5.77. The first-order valence-electron chi connectivity index (χ1n) is 6.27. The lowest BCUT2D eigenvalue weighted by Crippen LogP contribution is -2.46. The van der Waals surface area contributed by atoms with E-state index in [-0.39, 0.29) is 17.5 Å². The molecule has 5 heteroatoms. The van der Waals surface area contributed by atoms with E-state index in [1.54, 1.807) is 0 Å². The van der Waals surface area contributed by atoms with Crippen molar-refractivity contribution in [1.82, 2.24) is 10.6 Å². The van der Waals surface area contributed by atoms with Gasteiger partial charge < -0.3 is 15.7 Å². The SMILES string of the molecule is CC1(CNC(=O)NC2CCCC2C(=O)O)CC1. The smallest absolute Gasteiger partial charge is 0.315 e. The number of carboxylic acids is 1. The van der Waals surface area contributed by atoms with Crippen molar-refractivity contribution in [2.24, 2.45) is 11.3 Å². The summed E-state index contributed by atoms with van der Waals surface area (Å²) in [7, 11) is 0. The molecule has 2 amide bonds. The molecule has 0 spiro atoms. The number of amides is 2. The molecule has 0 bridgehead atoms. The van der Waals surface area contributed by atoms with Crippen molar-refractivity contribution < 1.29 is 14.7 Å². The van der Waals surface area contributed by atoms with E-state index in [9.17, 15) is 9.59 Å². The van der Waals surface area contributed by atoms with Crippen LogP contribution in [0.5, 0.6) is 0 Å². The number of carbonyl (C=O) groups excluding carboxylic acids is 1. The van der Waals surface area contributed by atoms with Gasteiger partial charge in [0.2, 0.25) is 0 Å². The molecule has 0 aromatic rings. The molecule has 2 saturated carbocycles. The number of carbonyl (C=O) groups is 2. The van der Waals surface area contributed by atoms with Crippen LogP contribution >= 0.6 is 0 Å². The van der Waals surface area contributed by atoms with Crippen LogP contribution < -0.4 is 10.6 Å². The summed E-state index contributed by atoms with van der Waals surface area (Å²) < 4.78 is 0. The maximum absolute atomic E-state index is 11.6. The summed E-state index contributed by atoms with van der Waals surface area (Å²) in [6, 6.07) is -0.434. The van der Waals surface area contributed by atoms with Crippen LogP contribution in [-0.2, 0) is 4.79 Å². The zero-order valence-electron chi connectivity index (χ0n) is 10.2. The minimum Gasteiger partial charge on any atom is -0.481 e. The van der Waals surface area contributed by atoms with Crippen LogP contribution in [-0.4, -0.2) is 29.7 Å². The normalized spacial score (nSPS) is 29.7. The number of hydrogen-bond donors (Lipinski definition) is 3. The molecule has 0 radical (unpaired) electrons. The van der Waals surface area contributed by atoms with E-state index in [1.165, 1.54) is 0 Å². The highest BCUT2D eigenvalue weighted by atomic mass is 16.4. The maximum atomic E-state index is 11.6. The molecule has 0 aromatic carbocycles. The topological polar surface area (TPSA) is 78.4 Å². The van der Waals surface area contributed by atoms with Gasteiger partial charge in [-0.2, -0.15) is 0 Å². The zero-order chi connectivity index (χ0) is 12.5. The van der Waals surface area contributed by atoms with Crippen molar-refractivity contribution in [3.8, 4) is 0 Å². The van der Waals surface area contributed by atoms with Crippen molar-refractivity contribution in [2.45, 2.75) is 45.1 Å². The standard InChI is InChI=1S/C12H20N2O3/c1-12(5-6-12)7-13-11(17)14-9-4-2-3-8(9)10(15)16/h8-9H,2-7H2,1H3,(H,15,16)(H2,13,14,17). The van der Waals surface area contributed by atoms with Crippen molar-refractivity contribution >= 4 is 12.0 Å². The van der Waals surface area contributed by atoms with Crippen LogP contribution in [0, 0.1) is 11.3 Å². The van der Waals surface area contributed by atoms with Gasteiger partial charge in [-0.3, -0.25) is 4.79 Å². The van der Waals surface area contributed by atoms with Gasteiger partial charge in [-0.1, -0.05) is 13.3 Å². The summed E-state index contributed by atoms with van der Waals surface area (Å²) in [6.07, 6.45) is 4.63. The number of aliphatic carboxylic acids is 1. The second-order valence-corrected chi connectivity index (χ2v) is 5.62. The second kappa shape index (κ2) is 4.55. The summed E-state index contributed by atoms with van der Waals surface area (Å²) in [4.78, 5) is 22.6. The van der Waals surface area contributed by atoms with E-state index in [4.69, 9.17) is 5.11 Å². The van der Waals surface area contributed by atoms with Crippen LogP contribution in [0.25, 0.3) is 0 Å². The Kier molecular flexibility index (Phi) is 3.26. The Hall–Kier alpha value is -1.26. The van der Waals surface area contributed by atoms with Crippen LogP contribution in [0.3, 0.4) is 0 Å². The van der Waals surface area contributed by atoms with Gasteiger partial charge >= 0.3 is 12.0 Å². The number of rotatable bonds is 4. The fraction of sp³-hybridized carbons (Fsp3) is 0.833. The van der Waals surface area contributed by atoms with Gasteiger partial charge in [0.05, 0.1) is 5.92 Å². The largest absolute Gasteiger partial charge is 0.481 e. The van der Waals surface area contributed by atoms with Gasteiger partial charge in [-0.05, 0) is 31.1 Å². The van der Waals surface area contributed by atoms with E-state index in [2.05, 4.69) is 17.6 Å². The Labute approximate surface area is 101 Å². The molecule has 0 heterocycles. The molecule has 2 aliphatic carbocycles. The third kappa shape index (κ3) is 3.11. The minimum absolute atomic E-state index is 0.209. The Morgan fingerprint density at radius 3 is 2.65 bits per heavy atom. The molecule has 3 N–H and O–H groups in total. The molecule has 2 aliphatic rings. The number of nitrogens with one attached hydrogen (secondary N) is 2. The first-order chi connectivity index (χ1) is 8.00. The Morgan fingerprint density at radius 2 is 2.06 bits per heavy atom. The molecule has 2 atom stereocenters. The number of carboxylic acid groups (broad SMARTS) is 1. The van der Waals surface area contributed by atoms with E-state index in [0.717, 1.165) is 25.7 Å². The zero-order valence-corrected chi connectivity index (χ0v) is 10.2. The second-order valence-electron chi connectivity index (χ2n) is 5.62. The molecule has 2 rings (SSSR count). The van der Waals surface area contributed by atoms with Gasteiger partial charge in [0.25, 0.3) is 0 Å². The van der Waals surface area contributed by atoms with E-state index in [1.807, 2.05) is 0 Å². The lowest BCUT2D eigenvalue weighted by molar-refractivity contribution is -0.142. The Balaban J connectivity index is 1.75. The van der Waals surface area contributed by atoms with Crippen LogP contribution in [0.15, 0.2) is 0 Å². The van der Waals surface area contributed by atoms with E-state index >= 15 is 0 Å². The average Bonchev–Trinajstić information content (AvgIpc) is 2.82. The quantitative estimate of drug-likeness (QED) is 0.694. The first-order valence-corrected chi connectivity index (χ1v) is 6.27. The van der Waals surface area contributed by atoms with Gasteiger partial charge in [-0.15, -0.1) is 0 Å². The molecule has 5 nitrogen and oxygen atoms in total.